The monoisotopic (exact) mass is 473 g/mol. The van der Waals surface area contributed by atoms with Gasteiger partial charge < -0.3 is 4.74 Å². The maximum absolute atomic E-state index is 13.6. The van der Waals surface area contributed by atoms with E-state index in [1.54, 1.807) is 72.8 Å². The fourth-order valence-corrected chi connectivity index (χ4v) is 5.56. The van der Waals surface area contributed by atoms with Crippen molar-refractivity contribution in [1.82, 2.24) is 0 Å². The van der Waals surface area contributed by atoms with Crippen molar-refractivity contribution in [3.63, 3.8) is 0 Å². The van der Waals surface area contributed by atoms with Gasteiger partial charge in [0, 0.05) is 15.7 Å². The van der Waals surface area contributed by atoms with Gasteiger partial charge in [-0.15, -0.1) is 0 Å². The molecular weight excluding hydrogens is 457 g/mol. The smallest absolute Gasteiger partial charge is 0.271 e. The third-order valence-electron chi connectivity index (χ3n) is 4.94. The standard InChI is InChI=1S/C23H17Cl2NO4S/c1-30-20-12-10-19(11-13-20)26-22(27)21(14-15-2-6-17(24)7-3-15)31(28,29)23(26)16-4-8-18(25)9-5-16/h2-14,23H,1H3. The molecule has 1 atom stereocenters. The summed E-state index contributed by atoms with van der Waals surface area (Å²) in [6.07, 6.45) is 1.38. The molecule has 4 rings (SSSR count). The van der Waals surface area contributed by atoms with Crippen LogP contribution in [0.2, 0.25) is 10.0 Å². The molecule has 0 spiro atoms. The molecule has 1 aliphatic heterocycles. The Labute approximate surface area is 190 Å². The Morgan fingerprint density at radius 3 is 1.97 bits per heavy atom. The highest BCUT2D eigenvalue weighted by Gasteiger charge is 2.50. The number of amides is 1. The molecule has 0 bridgehead atoms. The Morgan fingerprint density at radius 2 is 1.42 bits per heavy atom. The van der Waals surface area contributed by atoms with Crippen molar-refractivity contribution in [2.24, 2.45) is 0 Å². The van der Waals surface area contributed by atoms with Crippen molar-refractivity contribution in [1.29, 1.82) is 0 Å². The van der Waals surface area contributed by atoms with E-state index < -0.39 is 21.1 Å². The molecule has 158 valence electrons. The molecule has 1 unspecified atom stereocenters. The van der Waals surface area contributed by atoms with Crippen molar-refractivity contribution in [2.75, 3.05) is 12.0 Å². The van der Waals surface area contributed by atoms with Crippen LogP contribution in [0.15, 0.2) is 77.7 Å². The van der Waals surface area contributed by atoms with E-state index in [-0.39, 0.29) is 4.91 Å². The lowest BCUT2D eigenvalue weighted by atomic mass is 10.1. The molecule has 3 aromatic carbocycles. The summed E-state index contributed by atoms with van der Waals surface area (Å²) in [6, 6.07) is 19.7. The Morgan fingerprint density at radius 1 is 0.871 bits per heavy atom. The van der Waals surface area contributed by atoms with Crippen LogP contribution in [-0.2, 0) is 14.6 Å². The van der Waals surface area contributed by atoms with Crippen LogP contribution in [0.4, 0.5) is 5.69 Å². The molecule has 0 aromatic heterocycles. The van der Waals surface area contributed by atoms with E-state index in [1.807, 2.05) is 0 Å². The largest absolute Gasteiger partial charge is 0.497 e. The highest BCUT2D eigenvalue weighted by Crippen LogP contribution is 2.44. The molecule has 1 amide bonds. The fourth-order valence-electron chi connectivity index (χ4n) is 3.41. The lowest BCUT2D eigenvalue weighted by Gasteiger charge is -2.23. The zero-order chi connectivity index (χ0) is 22.2. The van der Waals surface area contributed by atoms with E-state index in [4.69, 9.17) is 27.9 Å². The first-order valence-electron chi connectivity index (χ1n) is 9.25. The van der Waals surface area contributed by atoms with E-state index in [9.17, 15) is 13.2 Å². The molecule has 0 N–H and O–H groups in total. The second-order valence-corrected chi connectivity index (χ2v) is 9.73. The number of hydrogen-bond acceptors (Lipinski definition) is 4. The van der Waals surface area contributed by atoms with Crippen molar-refractivity contribution < 1.29 is 17.9 Å². The molecule has 1 fully saturated rings. The Hall–Kier alpha value is -2.80. The number of carbonyl (C=O) groups is 1. The first-order valence-corrected chi connectivity index (χ1v) is 11.6. The van der Waals surface area contributed by atoms with Gasteiger partial charge in [-0.2, -0.15) is 0 Å². The second kappa shape index (κ2) is 8.38. The number of halogens is 2. The van der Waals surface area contributed by atoms with Crippen LogP contribution in [-0.4, -0.2) is 21.4 Å². The second-order valence-electron chi connectivity index (χ2n) is 6.88. The SMILES string of the molecule is COc1ccc(N2C(=O)C(=Cc3ccc(Cl)cc3)S(=O)(=O)C2c2ccc(Cl)cc2)cc1. The zero-order valence-corrected chi connectivity index (χ0v) is 18.7. The highest BCUT2D eigenvalue weighted by atomic mass is 35.5. The lowest BCUT2D eigenvalue weighted by Crippen LogP contribution is -2.28. The summed E-state index contributed by atoms with van der Waals surface area (Å²) < 4.78 is 32.3. The Balaban J connectivity index is 1.88. The average molecular weight is 474 g/mol. The van der Waals surface area contributed by atoms with Crippen molar-refractivity contribution in [3.8, 4) is 5.75 Å². The summed E-state index contributed by atoms with van der Waals surface area (Å²) in [6.45, 7) is 0. The summed E-state index contributed by atoms with van der Waals surface area (Å²) in [7, 11) is -2.50. The van der Waals surface area contributed by atoms with Gasteiger partial charge in [0.05, 0.1) is 7.11 Å². The van der Waals surface area contributed by atoms with Gasteiger partial charge in [-0.25, -0.2) is 8.42 Å². The van der Waals surface area contributed by atoms with Crippen LogP contribution < -0.4 is 9.64 Å². The molecule has 1 heterocycles. The van der Waals surface area contributed by atoms with Crippen molar-refractivity contribution in [3.05, 3.63) is 98.9 Å². The predicted molar refractivity (Wildman–Crippen MR) is 123 cm³/mol. The van der Waals surface area contributed by atoms with Crippen LogP contribution in [0.3, 0.4) is 0 Å². The molecule has 3 aromatic rings. The molecule has 0 saturated carbocycles. The molecule has 8 heteroatoms. The predicted octanol–water partition coefficient (Wildman–Crippen LogP) is 5.50. The molecule has 1 aliphatic rings. The van der Waals surface area contributed by atoms with Crippen LogP contribution in [0.5, 0.6) is 5.75 Å². The van der Waals surface area contributed by atoms with E-state index in [0.717, 1.165) is 0 Å². The maximum Gasteiger partial charge on any atom is 0.271 e. The van der Waals surface area contributed by atoms with Crippen LogP contribution in [0, 0.1) is 0 Å². The molecule has 1 saturated heterocycles. The molecule has 5 nitrogen and oxygen atoms in total. The Bertz CT molecular complexity index is 1250. The van der Waals surface area contributed by atoms with Gasteiger partial charge in [0.2, 0.25) is 9.84 Å². The van der Waals surface area contributed by atoms with E-state index in [0.29, 0.717) is 32.6 Å². The van der Waals surface area contributed by atoms with Gasteiger partial charge in [-0.05, 0) is 65.7 Å². The van der Waals surface area contributed by atoms with E-state index >= 15 is 0 Å². The number of anilines is 1. The number of rotatable bonds is 4. The highest BCUT2D eigenvalue weighted by molar-refractivity contribution is 7.97. The average Bonchev–Trinajstić information content (AvgIpc) is 2.96. The van der Waals surface area contributed by atoms with E-state index in [1.165, 1.54) is 18.1 Å². The van der Waals surface area contributed by atoms with Gasteiger partial charge >= 0.3 is 0 Å². The minimum Gasteiger partial charge on any atom is -0.497 e. The van der Waals surface area contributed by atoms with Crippen LogP contribution >= 0.6 is 23.2 Å². The number of sulfone groups is 1. The van der Waals surface area contributed by atoms with Gasteiger partial charge in [0.1, 0.15) is 10.7 Å². The van der Waals surface area contributed by atoms with Crippen LogP contribution in [0.25, 0.3) is 6.08 Å². The summed E-state index contributed by atoms with van der Waals surface area (Å²) in [5, 5.41) is -0.232. The fraction of sp³-hybridized carbons (Fsp3) is 0.0870. The summed E-state index contributed by atoms with van der Waals surface area (Å²) in [5.74, 6) is -0.0155. The molecule has 0 aliphatic carbocycles. The quantitative estimate of drug-likeness (QED) is 0.469. The zero-order valence-electron chi connectivity index (χ0n) is 16.3. The number of nitrogens with zero attached hydrogens (tertiary/aromatic N) is 1. The minimum absolute atomic E-state index is 0.286. The number of benzene rings is 3. The normalized spacial score (nSPS) is 19.1. The van der Waals surface area contributed by atoms with Gasteiger partial charge in [-0.1, -0.05) is 47.5 Å². The minimum atomic E-state index is -4.03. The van der Waals surface area contributed by atoms with Gasteiger partial charge in [0.25, 0.3) is 5.91 Å². The summed E-state index contributed by atoms with van der Waals surface area (Å²) in [4.78, 5) is 14.4. The molecule has 0 radical (unpaired) electrons. The summed E-state index contributed by atoms with van der Waals surface area (Å²) in [5.41, 5.74) is 1.43. The first kappa shape index (κ1) is 21.4. The van der Waals surface area contributed by atoms with Gasteiger partial charge in [-0.3, -0.25) is 9.69 Å². The van der Waals surface area contributed by atoms with Crippen molar-refractivity contribution >= 4 is 50.7 Å². The Kier molecular flexibility index (Phi) is 5.79. The van der Waals surface area contributed by atoms with Gasteiger partial charge in [0.15, 0.2) is 5.37 Å². The van der Waals surface area contributed by atoms with Crippen molar-refractivity contribution in [2.45, 2.75) is 5.37 Å². The lowest BCUT2D eigenvalue weighted by molar-refractivity contribution is -0.114. The number of methoxy groups -OCH3 is 1. The third kappa shape index (κ3) is 4.06. The van der Waals surface area contributed by atoms with E-state index in [2.05, 4.69) is 0 Å². The molecule has 31 heavy (non-hydrogen) atoms. The third-order valence-corrected chi connectivity index (χ3v) is 7.42. The first-order chi connectivity index (χ1) is 14.8. The molecular formula is C23H17Cl2NO4S. The number of carbonyl (C=O) groups excluding carboxylic acids is 1. The number of hydrogen-bond donors (Lipinski definition) is 0. The maximum atomic E-state index is 13.6. The van der Waals surface area contributed by atoms with Crippen LogP contribution in [0.1, 0.15) is 16.5 Å². The number of ether oxygens (including phenoxy) is 1. The summed E-state index contributed by atoms with van der Waals surface area (Å²) >= 11 is 11.9. The topological polar surface area (TPSA) is 63.7 Å².